The topological polar surface area (TPSA) is 86.0 Å². The van der Waals surface area contributed by atoms with Crippen molar-refractivity contribution in [3.63, 3.8) is 0 Å². The maximum atomic E-state index is 11.2. The van der Waals surface area contributed by atoms with Gasteiger partial charge in [-0.2, -0.15) is 0 Å². The first-order chi connectivity index (χ1) is 11.6. The second-order valence-corrected chi connectivity index (χ2v) is 6.74. The Labute approximate surface area is 146 Å². The van der Waals surface area contributed by atoms with Crippen molar-refractivity contribution >= 4 is 12.0 Å². The minimum absolute atomic E-state index is 0.314. The number of carbonyl (C=O) groups excluding carboxylic acids is 1. The van der Waals surface area contributed by atoms with E-state index in [0.717, 1.165) is 51.5 Å². The van der Waals surface area contributed by atoms with Crippen LogP contribution in [-0.4, -0.2) is 73.1 Å². The highest BCUT2D eigenvalue weighted by Crippen LogP contribution is 2.16. The van der Waals surface area contributed by atoms with Gasteiger partial charge in [-0.15, -0.1) is 0 Å². The zero-order valence-corrected chi connectivity index (χ0v) is 15.3. The van der Waals surface area contributed by atoms with Crippen LogP contribution in [0.25, 0.3) is 0 Å². The van der Waals surface area contributed by atoms with Crippen LogP contribution in [0.15, 0.2) is 4.99 Å². The van der Waals surface area contributed by atoms with Gasteiger partial charge in [0.05, 0.1) is 6.54 Å². The molecule has 0 aromatic heterocycles. The van der Waals surface area contributed by atoms with Crippen LogP contribution in [-0.2, 0) is 0 Å². The van der Waals surface area contributed by atoms with E-state index < -0.39 is 0 Å². The highest BCUT2D eigenvalue weighted by atomic mass is 16.2. The maximum absolute atomic E-state index is 11.2. The van der Waals surface area contributed by atoms with E-state index in [1.165, 1.54) is 25.8 Å². The molecule has 0 radical (unpaired) electrons. The number of amides is 2. The first kappa shape index (κ1) is 18.8. The monoisotopic (exact) mass is 338 g/mol. The Hall–Kier alpha value is -1.50. The molecule has 7 nitrogen and oxygen atoms in total. The third-order valence-electron chi connectivity index (χ3n) is 5.11. The molecule has 24 heavy (non-hydrogen) atoms. The number of nitrogens with one attached hydrogen (secondary N) is 2. The molecule has 2 aliphatic heterocycles. The number of likely N-dealkylation sites (N-methyl/N-ethyl adjacent to an activating group) is 1. The molecule has 1 atom stereocenters. The summed E-state index contributed by atoms with van der Waals surface area (Å²) in [4.78, 5) is 20.3. The summed E-state index contributed by atoms with van der Waals surface area (Å²) in [5.41, 5.74) is 5.34. The third kappa shape index (κ3) is 5.54. The normalized spacial score (nSPS) is 24.0. The second kappa shape index (κ2) is 9.71. The summed E-state index contributed by atoms with van der Waals surface area (Å²) in [5.74, 6) is 0.900. The lowest BCUT2D eigenvalue weighted by Gasteiger charge is -2.34. The molecular formula is C17H34N6O. The Kier molecular flexibility index (Phi) is 7.62. The van der Waals surface area contributed by atoms with Crippen LogP contribution in [0.5, 0.6) is 0 Å². The van der Waals surface area contributed by atoms with Crippen LogP contribution in [0, 0.1) is 0 Å². The van der Waals surface area contributed by atoms with Crippen molar-refractivity contribution in [1.29, 1.82) is 0 Å². The van der Waals surface area contributed by atoms with Crippen LogP contribution in [0.2, 0.25) is 0 Å². The van der Waals surface area contributed by atoms with Crippen molar-refractivity contribution in [2.75, 3.05) is 39.3 Å². The zero-order chi connectivity index (χ0) is 17.4. The lowest BCUT2D eigenvalue weighted by Crippen LogP contribution is -2.51. The van der Waals surface area contributed by atoms with Crippen LogP contribution in [0.1, 0.15) is 46.0 Å². The predicted molar refractivity (Wildman–Crippen MR) is 98.2 cm³/mol. The SMILES string of the molecule is CCNC(=NCC1CCCCN1CC)NC1CCN(C(N)=O)CC1. The molecule has 138 valence electrons. The van der Waals surface area contributed by atoms with Gasteiger partial charge in [-0.3, -0.25) is 9.89 Å². The molecule has 2 saturated heterocycles. The van der Waals surface area contributed by atoms with Crippen LogP contribution >= 0.6 is 0 Å². The minimum atomic E-state index is -0.314. The van der Waals surface area contributed by atoms with Crippen molar-refractivity contribution in [2.45, 2.75) is 58.0 Å². The van der Waals surface area contributed by atoms with Gasteiger partial charge in [-0.05, 0) is 45.7 Å². The number of guanidine groups is 1. The molecule has 0 saturated carbocycles. The number of rotatable bonds is 5. The van der Waals surface area contributed by atoms with Gasteiger partial charge in [0.25, 0.3) is 0 Å². The molecule has 2 heterocycles. The van der Waals surface area contributed by atoms with Gasteiger partial charge in [0, 0.05) is 31.7 Å². The fourth-order valence-corrected chi connectivity index (χ4v) is 3.64. The number of nitrogens with zero attached hydrogens (tertiary/aromatic N) is 3. The van der Waals surface area contributed by atoms with Gasteiger partial charge in [-0.25, -0.2) is 4.79 Å². The van der Waals surface area contributed by atoms with Gasteiger partial charge < -0.3 is 21.3 Å². The Bertz CT molecular complexity index is 419. The molecule has 0 aliphatic carbocycles. The number of aliphatic imine (C=N–C) groups is 1. The minimum Gasteiger partial charge on any atom is -0.357 e. The van der Waals surface area contributed by atoms with Gasteiger partial charge in [0.1, 0.15) is 0 Å². The summed E-state index contributed by atoms with van der Waals surface area (Å²) in [6.07, 6.45) is 5.69. The number of nitrogens with two attached hydrogens (primary N) is 1. The summed E-state index contributed by atoms with van der Waals surface area (Å²) in [5, 5.41) is 6.88. The fraction of sp³-hybridized carbons (Fsp3) is 0.882. The number of likely N-dealkylation sites (tertiary alicyclic amines) is 2. The second-order valence-electron chi connectivity index (χ2n) is 6.74. The smallest absolute Gasteiger partial charge is 0.314 e. The van der Waals surface area contributed by atoms with E-state index >= 15 is 0 Å². The summed E-state index contributed by atoms with van der Waals surface area (Å²) in [6.45, 7) is 9.78. The van der Waals surface area contributed by atoms with Crippen molar-refractivity contribution in [2.24, 2.45) is 10.7 Å². The molecule has 4 N–H and O–H groups in total. The number of primary amides is 1. The van der Waals surface area contributed by atoms with Gasteiger partial charge in [0.15, 0.2) is 5.96 Å². The van der Waals surface area contributed by atoms with E-state index in [1.807, 2.05) is 0 Å². The summed E-state index contributed by atoms with van der Waals surface area (Å²) in [6, 6.07) is 0.605. The summed E-state index contributed by atoms with van der Waals surface area (Å²) < 4.78 is 0. The van der Waals surface area contributed by atoms with E-state index in [9.17, 15) is 4.79 Å². The first-order valence-corrected chi connectivity index (χ1v) is 9.47. The first-order valence-electron chi connectivity index (χ1n) is 9.47. The van der Waals surface area contributed by atoms with E-state index in [2.05, 4.69) is 29.4 Å². The van der Waals surface area contributed by atoms with Gasteiger partial charge in [0.2, 0.25) is 0 Å². The predicted octanol–water partition coefficient (Wildman–Crippen LogP) is 0.959. The number of hydrogen-bond donors (Lipinski definition) is 3. The largest absolute Gasteiger partial charge is 0.357 e. The maximum Gasteiger partial charge on any atom is 0.314 e. The number of hydrogen-bond acceptors (Lipinski definition) is 3. The molecule has 2 aliphatic rings. The van der Waals surface area contributed by atoms with Crippen molar-refractivity contribution in [3.8, 4) is 0 Å². The number of carbonyl (C=O) groups is 1. The Morgan fingerprint density at radius 1 is 1.17 bits per heavy atom. The Morgan fingerprint density at radius 2 is 1.92 bits per heavy atom. The van der Waals surface area contributed by atoms with Gasteiger partial charge in [-0.1, -0.05) is 13.3 Å². The lowest BCUT2D eigenvalue weighted by atomic mass is 10.0. The molecule has 0 spiro atoms. The molecule has 2 fully saturated rings. The van der Waals surface area contributed by atoms with Crippen molar-refractivity contribution in [1.82, 2.24) is 20.4 Å². The lowest BCUT2D eigenvalue weighted by molar-refractivity contribution is 0.161. The quantitative estimate of drug-likeness (QED) is 0.515. The molecule has 2 rings (SSSR count). The highest BCUT2D eigenvalue weighted by Gasteiger charge is 2.23. The van der Waals surface area contributed by atoms with Crippen LogP contribution in [0.4, 0.5) is 4.79 Å². The molecule has 0 aromatic carbocycles. The van der Waals surface area contributed by atoms with E-state index in [0.29, 0.717) is 12.1 Å². The van der Waals surface area contributed by atoms with Crippen LogP contribution < -0.4 is 16.4 Å². The highest BCUT2D eigenvalue weighted by molar-refractivity contribution is 5.80. The molecule has 7 heteroatoms. The van der Waals surface area contributed by atoms with Crippen molar-refractivity contribution in [3.05, 3.63) is 0 Å². The average molecular weight is 339 g/mol. The third-order valence-corrected chi connectivity index (χ3v) is 5.11. The molecule has 0 bridgehead atoms. The summed E-state index contributed by atoms with van der Waals surface area (Å²) in [7, 11) is 0. The zero-order valence-electron chi connectivity index (χ0n) is 15.3. The molecular weight excluding hydrogens is 304 g/mol. The van der Waals surface area contributed by atoms with Gasteiger partial charge >= 0.3 is 6.03 Å². The van der Waals surface area contributed by atoms with E-state index in [4.69, 9.17) is 10.7 Å². The summed E-state index contributed by atoms with van der Waals surface area (Å²) >= 11 is 0. The average Bonchev–Trinajstić information content (AvgIpc) is 2.60. The number of urea groups is 1. The van der Waals surface area contributed by atoms with Crippen LogP contribution in [0.3, 0.4) is 0 Å². The Balaban J connectivity index is 1.85. The van der Waals surface area contributed by atoms with E-state index in [1.54, 1.807) is 4.90 Å². The van der Waals surface area contributed by atoms with E-state index in [-0.39, 0.29) is 6.03 Å². The molecule has 2 amide bonds. The molecule has 1 unspecified atom stereocenters. The standard InChI is InChI=1S/C17H34N6O/c1-3-19-17(20-13-15-7-5-6-10-22(15)4-2)21-14-8-11-23(12-9-14)16(18)24/h14-15H,3-13H2,1-2H3,(H2,18,24)(H2,19,20,21). The van der Waals surface area contributed by atoms with Crippen molar-refractivity contribution < 1.29 is 4.79 Å². The Morgan fingerprint density at radius 3 is 2.54 bits per heavy atom. The fourth-order valence-electron chi connectivity index (χ4n) is 3.64. The molecule has 0 aromatic rings. The number of piperidine rings is 2.